The first-order valence-electron chi connectivity index (χ1n) is 12.7. The molecular weight excluding hydrogens is 577 g/mol. The quantitative estimate of drug-likeness (QED) is 0.141. The number of nitrogens with one attached hydrogen (secondary N) is 1. The van der Waals surface area contributed by atoms with Crippen LogP contribution in [0.3, 0.4) is 0 Å². The van der Waals surface area contributed by atoms with Crippen molar-refractivity contribution in [1.82, 2.24) is 14.5 Å². The minimum absolute atomic E-state index is 0.0334. The summed E-state index contributed by atoms with van der Waals surface area (Å²) < 4.78 is 7.11. The molecule has 8 nitrogen and oxygen atoms in total. The van der Waals surface area contributed by atoms with Gasteiger partial charge in [0, 0.05) is 18.7 Å². The fraction of sp³-hybridized carbons (Fsp3) is 0.167. The number of rotatable bonds is 9. The predicted octanol–water partition coefficient (Wildman–Crippen LogP) is 6.02. The van der Waals surface area contributed by atoms with Gasteiger partial charge in [-0.3, -0.25) is 23.9 Å². The fourth-order valence-electron chi connectivity index (χ4n) is 4.26. The Morgan fingerprint density at radius 1 is 1.10 bits per heavy atom. The van der Waals surface area contributed by atoms with Crippen molar-refractivity contribution in [2.45, 2.75) is 18.5 Å². The maximum atomic E-state index is 13.5. The zero-order valence-corrected chi connectivity index (χ0v) is 24.8. The molecule has 0 saturated carbocycles. The van der Waals surface area contributed by atoms with Gasteiger partial charge < -0.3 is 10.1 Å². The molecule has 2 amide bonds. The van der Waals surface area contributed by atoms with Gasteiger partial charge >= 0.3 is 0 Å². The summed E-state index contributed by atoms with van der Waals surface area (Å²) in [6.45, 7) is 2.09. The highest BCUT2D eigenvalue weighted by Gasteiger charge is 2.32. The van der Waals surface area contributed by atoms with Crippen LogP contribution in [0.25, 0.3) is 17.1 Å². The number of amides is 2. The van der Waals surface area contributed by atoms with Gasteiger partial charge in [0.25, 0.3) is 5.91 Å². The molecule has 1 fully saturated rings. The summed E-state index contributed by atoms with van der Waals surface area (Å²) in [7, 11) is 1.60. The lowest BCUT2D eigenvalue weighted by Crippen LogP contribution is -2.31. The number of ether oxygens (including phenoxy) is 1. The highest BCUT2D eigenvalue weighted by Crippen LogP contribution is 2.33. The molecule has 3 aromatic carbocycles. The number of aryl methyl sites for hydroxylation is 1. The van der Waals surface area contributed by atoms with E-state index in [4.69, 9.17) is 17.0 Å². The van der Waals surface area contributed by atoms with E-state index >= 15 is 0 Å². The second-order valence-corrected chi connectivity index (χ2v) is 11.8. The summed E-state index contributed by atoms with van der Waals surface area (Å²) in [5, 5.41) is 3.30. The highest BCUT2D eigenvalue weighted by atomic mass is 32.2. The Morgan fingerprint density at radius 2 is 1.88 bits per heavy atom. The number of carbonyl (C=O) groups is 3. The molecule has 0 unspecified atom stereocenters. The molecule has 0 bridgehead atoms. The van der Waals surface area contributed by atoms with E-state index in [1.807, 2.05) is 79.7 Å². The van der Waals surface area contributed by atoms with Crippen LogP contribution >= 0.6 is 35.7 Å². The van der Waals surface area contributed by atoms with E-state index in [1.54, 1.807) is 13.2 Å². The first-order valence-corrected chi connectivity index (χ1v) is 14.9. The summed E-state index contributed by atoms with van der Waals surface area (Å²) in [6, 6.07) is 22.2. The van der Waals surface area contributed by atoms with Gasteiger partial charge in [0.05, 0.1) is 28.8 Å². The van der Waals surface area contributed by atoms with Crippen molar-refractivity contribution in [3.8, 4) is 5.75 Å². The SMILES string of the molecule is COc1ccc(C=C2SC(=S)N(CCC(=O)n3c(SCC(=O)Nc4cccc(C)c4)nc4ccccc43)C2=O)cc1. The Hall–Kier alpha value is -3.93. The van der Waals surface area contributed by atoms with E-state index < -0.39 is 0 Å². The number of benzene rings is 3. The van der Waals surface area contributed by atoms with Crippen molar-refractivity contribution in [2.24, 2.45) is 0 Å². The van der Waals surface area contributed by atoms with Crippen LogP contribution in [0, 0.1) is 6.92 Å². The minimum Gasteiger partial charge on any atom is -0.497 e. The van der Waals surface area contributed by atoms with Crippen LogP contribution in [-0.4, -0.2) is 55.9 Å². The molecule has 0 aliphatic carbocycles. The lowest BCUT2D eigenvalue weighted by atomic mass is 10.2. The number of thiocarbonyl (C=S) groups is 1. The number of methoxy groups -OCH3 is 1. The van der Waals surface area contributed by atoms with Crippen LogP contribution in [0.2, 0.25) is 0 Å². The third-order valence-corrected chi connectivity index (χ3v) is 8.57. The number of thioether (sulfide) groups is 2. The third-order valence-electron chi connectivity index (χ3n) is 6.25. The lowest BCUT2D eigenvalue weighted by molar-refractivity contribution is -0.122. The van der Waals surface area contributed by atoms with Gasteiger partial charge in [0.2, 0.25) is 11.8 Å². The van der Waals surface area contributed by atoms with Gasteiger partial charge in [-0.05, 0) is 60.5 Å². The van der Waals surface area contributed by atoms with Crippen LogP contribution in [0.1, 0.15) is 22.3 Å². The minimum atomic E-state index is -0.242. The molecule has 1 aliphatic heterocycles. The Morgan fingerprint density at radius 3 is 2.63 bits per heavy atom. The summed E-state index contributed by atoms with van der Waals surface area (Å²) >= 11 is 7.86. The number of imidazole rings is 1. The second-order valence-electron chi connectivity index (χ2n) is 9.18. The molecule has 1 saturated heterocycles. The van der Waals surface area contributed by atoms with Crippen molar-refractivity contribution < 1.29 is 19.1 Å². The zero-order valence-electron chi connectivity index (χ0n) is 22.3. The van der Waals surface area contributed by atoms with Gasteiger partial charge in [-0.1, -0.05) is 72.1 Å². The second kappa shape index (κ2) is 12.7. The molecule has 11 heteroatoms. The van der Waals surface area contributed by atoms with E-state index in [2.05, 4.69) is 10.3 Å². The summed E-state index contributed by atoms with van der Waals surface area (Å²) in [5.74, 6) is 0.127. The van der Waals surface area contributed by atoms with Crippen LogP contribution in [0.4, 0.5) is 5.69 Å². The number of hydrogen-bond donors (Lipinski definition) is 1. The van der Waals surface area contributed by atoms with Gasteiger partial charge in [-0.2, -0.15) is 0 Å². The van der Waals surface area contributed by atoms with Crippen LogP contribution in [0.15, 0.2) is 82.9 Å². The number of nitrogens with zero attached hydrogens (tertiary/aromatic N) is 3. The average molecular weight is 603 g/mol. The number of carbonyl (C=O) groups excluding carboxylic acids is 3. The van der Waals surface area contributed by atoms with Crippen LogP contribution in [0.5, 0.6) is 5.75 Å². The maximum Gasteiger partial charge on any atom is 0.266 e. The smallest absolute Gasteiger partial charge is 0.266 e. The first-order chi connectivity index (χ1) is 19.8. The molecule has 0 radical (unpaired) electrons. The summed E-state index contributed by atoms with van der Waals surface area (Å²) in [5.41, 5.74) is 3.89. The normalized spacial score (nSPS) is 14.2. The molecule has 4 aromatic rings. The van der Waals surface area contributed by atoms with E-state index in [9.17, 15) is 14.4 Å². The van der Waals surface area contributed by atoms with Gasteiger partial charge in [0.1, 0.15) is 10.1 Å². The Bertz CT molecular complexity index is 1680. The monoisotopic (exact) mass is 602 g/mol. The molecule has 1 aromatic heterocycles. The summed E-state index contributed by atoms with van der Waals surface area (Å²) in [4.78, 5) is 45.8. The molecular formula is C30H26N4O4S3. The molecule has 1 aliphatic rings. The van der Waals surface area contributed by atoms with Crippen molar-refractivity contribution in [3.63, 3.8) is 0 Å². The number of anilines is 1. The molecule has 0 atom stereocenters. The molecule has 5 rings (SSSR count). The maximum absolute atomic E-state index is 13.5. The van der Waals surface area contributed by atoms with Crippen molar-refractivity contribution in [2.75, 3.05) is 24.7 Å². The zero-order chi connectivity index (χ0) is 28.9. The number of fused-ring (bicyclic) bond motifs is 1. The topological polar surface area (TPSA) is 93.5 Å². The molecule has 1 N–H and O–H groups in total. The Labute approximate surface area is 251 Å². The predicted molar refractivity (Wildman–Crippen MR) is 168 cm³/mol. The van der Waals surface area contributed by atoms with Gasteiger partial charge in [-0.25, -0.2) is 4.98 Å². The van der Waals surface area contributed by atoms with Crippen molar-refractivity contribution in [1.29, 1.82) is 0 Å². The van der Waals surface area contributed by atoms with Crippen molar-refractivity contribution in [3.05, 3.63) is 88.8 Å². The molecule has 41 heavy (non-hydrogen) atoms. The standard InChI is InChI=1S/C30H26N4O4S3/c1-19-6-5-7-21(16-19)31-26(35)18-40-29-32-23-8-3-4-9-24(23)34(29)27(36)14-15-33-28(37)25(41-30(33)39)17-20-10-12-22(38-2)13-11-20/h3-13,16-17H,14-15,18H2,1-2H3,(H,31,35). The van der Waals surface area contributed by atoms with Gasteiger partial charge in [0.15, 0.2) is 5.16 Å². The lowest BCUT2D eigenvalue weighted by Gasteiger charge is -2.15. The first kappa shape index (κ1) is 28.6. The largest absolute Gasteiger partial charge is 0.497 e. The third kappa shape index (κ3) is 6.70. The molecule has 208 valence electrons. The Balaban J connectivity index is 1.27. The average Bonchev–Trinajstić information content (AvgIpc) is 3.47. The van der Waals surface area contributed by atoms with Crippen LogP contribution < -0.4 is 10.1 Å². The van der Waals surface area contributed by atoms with E-state index in [0.717, 1.165) is 16.9 Å². The summed E-state index contributed by atoms with van der Waals surface area (Å²) in [6.07, 6.45) is 1.81. The van der Waals surface area contributed by atoms with E-state index in [-0.39, 0.29) is 36.4 Å². The van der Waals surface area contributed by atoms with Crippen molar-refractivity contribution >= 4 is 80.6 Å². The number of hydrogen-bond acceptors (Lipinski definition) is 8. The molecule has 0 spiro atoms. The number of para-hydroxylation sites is 2. The van der Waals surface area contributed by atoms with Crippen LogP contribution in [-0.2, 0) is 9.59 Å². The Kier molecular flexibility index (Phi) is 8.87. The highest BCUT2D eigenvalue weighted by molar-refractivity contribution is 8.26. The fourth-order valence-corrected chi connectivity index (χ4v) is 6.39. The van der Waals surface area contributed by atoms with Gasteiger partial charge in [-0.15, -0.1) is 0 Å². The van der Waals surface area contributed by atoms with E-state index in [0.29, 0.717) is 31.1 Å². The molecule has 2 heterocycles. The van der Waals surface area contributed by atoms with E-state index in [1.165, 1.54) is 33.0 Å². The number of aromatic nitrogens is 2.